The van der Waals surface area contributed by atoms with Gasteiger partial charge in [0.25, 0.3) is 0 Å². The number of rotatable bonds is 4. The number of nitrogens with one attached hydrogen (secondary N) is 1. The van der Waals surface area contributed by atoms with Crippen LogP contribution < -0.4 is 15.8 Å². The molecule has 3 N–H and O–H groups in total. The first-order valence-electron chi connectivity index (χ1n) is 4.89. The molecule has 0 heterocycles. The van der Waals surface area contributed by atoms with Crippen LogP contribution in [0.25, 0.3) is 0 Å². The molecule has 0 fully saturated rings. The van der Waals surface area contributed by atoms with Crippen molar-refractivity contribution in [3.8, 4) is 5.75 Å². The molecule has 1 atom stereocenters. The number of methoxy groups -OCH3 is 1. The Morgan fingerprint density at radius 2 is 2.24 bits per heavy atom. The van der Waals surface area contributed by atoms with Crippen LogP contribution in [0.4, 0.5) is 5.69 Å². The van der Waals surface area contributed by atoms with E-state index in [9.17, 15) is 4.79 Å². The Labute approximate surface area is 114 Å². The normalized spacial score (nSPS) is 11.7. The van der Waals surface area contributed by atoms with Gasteiger partial charge in [-0.05, 0) is 35.0 Å². The summed E-state index contributed by atoms with van der Waals surface area (Å²) < 4.78 is 5.84. The molecule has 0 aliphatic rings. The first-order valence-corrected chi connectivity index (χ1v) is 6.09. The largest absolute Gasteiger partial charge is 0.497 e. The summed E-state index contributed by atoms with van der Waals surface area (Å²) in [6.45, 7) is 1.66. The van der Waals surface area contributed by atoms with E-state index in [0.29, 0.717) is 11.4 Å². The summed E-state index contributed by atoms with van der Waals surface area (Å²) in [6, 6.07) is 5.30. The van der Waals surface area contributed by atoms with E-state index >= 15 is 0 Å². The molecule has 17 heavy (non-hydrogen) atoms. The van der Waals surface area contributed by atoms with Gasteiger partial charge in [0.15, 0.2) is 0 Å². The zero-order chi connectivity index (χ0) is 13.0. The number of carbonyl (C=O) groups excluding carboxylic acids is 1. The Hall–Kier alpha value is -1.14. The third kappa shape index (κ3) is 3.67. The Bertz CT molecular complexity index is 451. The number of amides is 1. The van der Waals surface area contributed by atoms with Crippen LogP contribution in [0.3, 0.4) is 0 Å². The van der Waals surface area contributed by atoms with Crippen molar-refractivity contribution in [3.05, 3.63) is 22.7 Å². The maximum Gasteiger partial charge on any atom is 0.234 e. The summed E-state index contributed by atoms with van der Waals surface area (Å²) in [5.74, 6) is -0.0963. The second kappa shape index (κ2) is 5.97. The van der Waals surface area contributed by atoms with Crippen molar-refractivity contribution >= 4 is 44.7 Å². The fraction of sp³-hybridized carbons (Fsp3) is 0.273. The van der Waals surface area contributed by atoms with E-state index in [2.05, 4.69) is 21.2 Å². The lowest BCUT2D eigenvalue weighted by Crippen LogP contribution is -2.30. The molecule has 92 valence electrons. The van der Waals surface area contributed by atoms with Crippen LogP contribution in [-0.2, 0) is 4.79 Å². The maximum atomic E-state index is 11.8. The smallest absolute Gasteiger partial charge is 0.234 e. The lowest BCUT2D eigenvalue weighted by molar-refractivity contribution is -0.117. The number of carbonyl (C=O) groups is 1. The Kier molecular flexibility index (Phi) is 4.89. The molecule has 0 saturated heterocycles. The average molecular weight is 317 g/mol. The number of benzene rings is 1. The van der Waals surface area contributed by atoms with Crippen LogP contribution in [-0.4, -0.2) is 18.0 Å². The summed E-state index contributed by atoms with van der Waals surface area (Å²) >= 11 is 8.11. The van der Waals surface area contributed by atoms with Crippen LogP contribution in [0.15, 0.2) is 22.7 Å². The van der Waals surface area contributed by atoms with Gasteiger partial charge in [0.2, 0.25) is 5.91 Å². The van der Waals surface area contributed by atoms with Crippen LogP contribution in [0.1, 0.15) is 6.92 Å². The van der Waals surface area contributed by atoms with Gasteiger partial charge < -0.3 is 15.8 Å². The highest BCUT2D eigenvalue weighted by atomic mass is 79.9. The third-order valence-electron chi connectivity index (χ3n) is 2.25. The Morgan fingerprint density at radius 1 is 1.59 bits per heavy atom. The number of anilines is 1. The molecule has 1 unspecified atom stereocenters. The molecule has 0 aliphatic carbocycles. The number of nitrogens with two attached hydrogens (primary N) is 1. The molecule has 0 aliphatic heterocycles. The Balaban J connectivity index is 2.87. The zero-order valence-electron chi connectivity index (χ0n) is 9.49. The van der Waals surface area contributed by atoms with Crippen LogP contribution in [0.5, 0.6) is 5.75 Å². The highest BCUT2D eigenvalue weighted by Gasteiger charge is 2.16. The fourth-order valence-electron chi connectivity index (χ4n) is 1.10. The second-order valence-electron chi connectivity index (χ2n) is 3.46. The monoisotopic (exact) mass is 316 g/mol. The summed E-state index contributed by atoms with van der Waals surface area (Å²) in [5, 5.41) is 2.73. The predicted octanol–water partition coefficient (Wildman–Crippen LogP) is 2.32. The predicted molar refractivity (Wildman–Crippen MR) is 75.3 cm³/mol. The minimum atomic E-state index is -0.511. The third-order valence-corrected chi connectivity index (χ3v) is 3.30. The highest BCUT2D eigenvalue weighted by Crippen LogP contribution is 2.27. The first-order chi connectivity index (χ1) is 7.95. The standard InChI is InChI=1S/C11H13BrN2O2S/c1-6(10(13)17)11(15)14-9-5-7(16-2)3-4-8(9)12/h3-6H,1-2H3,(H2,13,17)(H,14,15). The van der Waals surface area contributed by atoms with Crippen molar-refractivity contribution < 1.29 is 9.53 Å². The minimum absolute atomic E-state index is 0.168. The molecule has 6 heteroatoms. The maximum absolute atomic E-state index is 11.8. The molecule has 0 radical (unpaired) electrons. The molecular formula is C11H13BrN2O2S. The van der Waals surface area contributed by atoms with Crippen molar-refractivity contribution in [2.75, 3.05) is 12.4 Å². The quantitative estimate of drug-likeness (QED) is 0.837. The van der Waals surface area contributed by atoms with Crippen molar-refractivity contribution in [1.82, 2.24) is 0 Å². The van der Waals surface area contributed by atoms with E-state index in [0.717, 1.165) is 4.47 Å². The zero-order valence-corrected chi connectivity index (χ0v) is 11.9. The number of halogens is 1. The van der Waals surface area contributed by atoms with Gasteiger partial charge >= 0.3 is 0 Å². The summed E-state index contributed by atoms with van der Waals surface area (Å²) in [7, 11) is 1.56. The van der Waals surface area contributed by atoms with Crippen molar-refractivity contribution in [1.29, 1.82) is 0 Å². The summed E-state index contributed by atoms with van der Waals surface area (Å²) in [5.41, 5.74) is 6.04. The molecule has 1 rings (SSSR count). The lowest BCUT2D eigenvalue weighted by Gasteiger charge is -2.12. The van der Waals surface area contributed by atoms with Gasteiger partial charge in [-0.2, -0.15) is 0 Å². The van der Waals surface area contributed by atoms with Crippen LogP contribution in [0.2, 0.25) is 0 Å². The van der Waals surface area contributed by atoms with E-state index < -0.39 is 5.92 Å². The molecule has 1 aromatic rings. The SMILES string of the molecule is COc1ccc(Br)c(NC(=O)C(C)C(N)=S)c1. The molecule has 0 aromatic heterocycles. The fourth-order valence-corrected chi connectivity index (χ4v) is 1.55. The van der Waals surface area contributed by atoms with Crippen molar-refractivity contribution in [2.45, 2.75) is 6.92 Å². The van der Waals surface area contributed by atoms with Gasteiger partial charge in [-0.15, -0.1) is 0 Å². The molecule has 0 bridgehead atoms. The lowest BCUT2D eigenvalue weighted by atomic mass is 10.1. The topological polar surface area (TPSA) is 64.3 Å². The number of hydrogen-bond donors (Lipinski definition) is 2. The van der Waals surface area contributed by atoms with Gasteiger partial charge in [-0.3, -0.25) is 4.79 Å². The van der Waals surface area contributed by atoms with Crippen molar-refractivity contribution in [3.63, 3.8) is 0 Å². The molecule has 0 spiro atoms. The molecule has 1 aromatic carbocycles. The number of ether oxygens (including phenoxy) is 1. The van der Waals surface area contributed by atoms with E-state index in [1.165, 1.54) is 0 Å². The number of thiocarbonyl (C=S) groups is 1. The minimum Gasteiger partial charge on any atom is -0.497 e. The van der Waals surface area contributed by atoms with Gasteiger partial charge in [0.1, 0.15) is 5.75 Å². The second-order valence-corrected chi connectivity index (χ2v) is 4.78. The van der Waals surface area contributed by atoms with E-state index in [4.69, 9.17) is 22.7 Å². The summed E-state index contributed by atoms with van der Waals surface area (Å²) in [4.78, 5) is 11.9. The van der Waals surface area contributed by atoms with Crippen molar-refractivity contribution in [2.24, 2.45) is 11.7 Å². The van der Waals surface area contributed by atoms with Crippen LogP contribution in [0, 0.1) is 5.92 Å². The highest BCUT2D eigenvalue weighted by molar-refractivity contribution is 9.10. The number of hydrogen-bond acceptors (Lipinski definition) is 3. The molecule has 1 amide bonds. The first kappa shape index (κ1) is 13.9. The molecular weight excluding hydrogens is 304 g/mol. The van der Waals surface area contributed by atoms with E-state index in [-0.39, 0.29) is 10.9 Å². The molecule has 4 nitrogen and oxygen atoms in total. The van der Waals surface area contributed by atoms with Gasteiger partial charge in [-0.25, -0.2) is 0 Å². The summed E-state index contributed by atoms with van der Waals surface area (Å²) in [6.07, 6.45) is 0. The van der Waals surface area contributed by atoms with E-state index in [1.807, 2.05) is 0 Å². The van der Waals surface area contributed by atoms with Crippen LogP contribution >= 0.6 is 28.1 Å². The molecule has 0 saturated carbocycles. The average Bonchev–Trinajstić information content (AvgIpc) is 2.30. The Morgan fingerprint density at radius 3 is 2.76 bits per heavy atom. The van der Waals surface area contributed by atoms with Gasteiger partial charge in [-0.1, -0.05) is 12.2 Å². The van der Waals surface area contributed by atoms with Gasteiger partial charge in [0.05, 0.1) is 23.7 Å². The van der Waals surface area contributed by atoms with Gasteiger partial charge in [0, 0.05) is 10.5 Å². The van der Waals surface area contributed by atoms with E-state index in [1.54, 1.807) is 32.2 Å².